The Hall–Kier alpha value is -0.160. The molecule has 2 aliphatic heterocycles. The van der Waals surface area contributed by atoms with Crippen LogP contribution in [0, 0.1) is 0 Å². The highest BCUT2D eigenvalue weighted by atomic mass is 15.8. The fraction of sp³-hybridized carbons (Fsp3) is 1.00. The number of rotatable bonds is 5. The molecule has 82 valence electrons. The molecule has 0 amide bonds. The highest BCUT2D eigenvalue weighted by Gasteiger charge is 2.49. The van der Waals surface area contributed by atoms with Gasteiger partial charge in [-0.15, -0.1) is 0 Å². The normalized spacial score (nSPS) is 50.6. The van der Waals surface area contributed by atoms with Crippen LogP contribution in [0.1, 0.15) is 40.5 Å². The molecular formula is C10H22N4. The lowest BCUT2D eigenvalue weighted by Gasteiger charge is -2.08. The van der Waals surface area contributed by atoms with Crippen LogP contribution in [-0.4, -0.2) is 34.4 Å². The zero-order valence-electron chi connectivity index (χ0n) is 9.72. The standard InChI is InChI=1S/C10H22N4/c1-5-9(3)11-13(9)7-8-14-10(4,6-2)12-14/h11-12H,5-8H2,1-4H3/t9-,10?,13?,14?/m1/s1. The first-order valence-corrected chi connectivity index (χ1v) is 5.65. The first kappa shape index (κ1) is 10.4. The molecule has 0 bridgehead atoms. The number of hydrogen-bond acceptors (Lipinski definition) is 4. The molecule has 2 fully saturated rings. The van der Waals surface area contributed by atoms with Gasteiger partial charge in [-0.25, -0.2) is 20.9 Å². The van der Waals surface area contributed by atoms with Gasteiger partial charge in [-0.3, -0.25) is 0 Å². The molecule has 2 aliphatic rings. The van der Waals surface area contributed by atoms with Gasteiger partial charge in [-0.05, 0) is 26.7 Å². The van der Waals surface area contributed by atoms with Crippen LogP contribution in [0.15, 0.2) is 0 Å². The van der Waals surface area contributed by atoms with Crippen molar-refractivity contribution in [3.05, 3.63) is 0 Å². The molecule has 0 radical (unpaired) electrons. The van der Waals surface area contributed by atoms with Gasteiger partial charge in [0.05, 0.1) is 11.3 Å². The van der Waals surface area contributed by atoms with Gasteiger partial charge in [0.25, 0.3) is 0 Å². The van der Waals surface area contributed by atoms with Gasteiger partial charge in [-0.1, -0.05) is 13.8 Å². The highest BCUT2D eigenvalue weighted by Crippen LogP contribution is 2.30. The second-order valence-corrected chi connectivity index (χ2v) is 4.78. The van der Waals surface area contributed by atoms with Gasteiger partial charge in [0, 0.05) is 13.1 Å². The van der Waals surface area contributed by atoms with Crippen LogP contribution >= 0.6 is 0 Å². The monoisotopic (exact) mass is 198 g/mol. The third kappa shape index (κ3) is 1.67. The minimum Gasteiger partial charge on any atom is -0.232 e. The van der Waals surface area contributed by atoms with Crippen LogP contribution in [0.3, 0.4) is 0 Å². The maximum Gasteiger partial charge on any atom is 0.0944 e. The Labute approximate surface area is 86.6 Å². The Morgan fingerprint density at radius 2 is 1.21 bits per heavy atom. The van der Waals surface area contributed by atoms with Gasteiger partial charge in [0.15, 0.2) is 0 Å². The van der Waals surface area contributed by atoms with E-state index in [0.717, 1.165) is 13.1 Å². The van der Waals surface area contributed by atoms with Crippen LogP contribution in [0.25, 0.3) is 0 Å². The molecule has 0 aromatic rings. The SMILES string of the molecule is CCC1(C)NN1CCN1N[C@@]1(C)CC. The average molecular weight is 198 g/mol. The van der Waals surface area contributed by atoms with Crippen molar-refractivity contribution in [3.8, 4) is 0 Å². The third-order valence-corrected chi connectivity index (χ3v) is 3.77. The van der Waals surface area contributed by atoms with Crippen LogP contribution in [-0.2, 0) is 0 Å². The minimum atomic E-state index is 0.276. The molecule has 0 aliphatic carbocycles. The van der Waals surface area contributed by atoms with Gasteiger partial charge in [0.1, 0.15) is 0 Å². The average Bonchev–Trinajstić information content (AvgIpc) is 3.02. The van der Waals surface area contributed by atoms with Crippen molar-refractivity contribution < 1.29 is 0 Å². The first-order valence-electron chi connectivity index (χ1n) is 5.65. The van der Waals surface area contributed by atoms with E-state index in [4.69, 9.17) is 0 Å². The summed E-state index contributed by atoms with van der Waals surface area (Å²) in [5.41, 5.74) is 7.36. The summed E-state index contributed by atoms with van der Waals surface area (Å²) in [5.74, 6) is 0. The third-order valence-electron chi connectivity index (χ3n) is 3.77. The van der Waals surface area contributed by atoms with Crippen LogP contribution in [0.2, 0.25) is 0 Å². The van der Waals surface area contributed by atoms with E-state index in [-0.39, 0.29) is 11.3 Å². The van der Waals surface area contributed by atoms with Gasteiger partial charge in [0.2, 0.25) is 0 Å². The fourth-order valence-electron chi connectivity index (χ4n) is 1.88. The van der Waals surface area contributed by atoms with E-state index >= 15 is 0 Å². The number of hydrogen-bond donors (Lipinski definition) is 2. The van der Waals surface area contributed by atoms with E-state index in [9.17, 15) is 0 Å². The summed E-state index contributed by atoms with van der Waals surface area (Å²) >= 11 is 0. The Morgan fingerprint density at radius 3 is 1.43 bits per heavy atom. The predicted octanol–water partition coefficient (Wildman–Crippen LogP) is 0.879. The summed E-state index contributed by atoms with van der Waals surface area (Å²) in [6.07, 6.45) is 2.34. The molecule has 2 heterocycles. The van der Waals surface area contributed by atoms with Gasteiger partial charge in [-0.2, -0.15) is 0 Å². The number of nitrogens with zero attached hydrogens (tertiary/aromatic N) is 2. The van der Waals surface area contributed by atoms with Crippen molar-refractivity contribution in [1.82, 2.24) is 20.9 Å². The summed E-state index contributed by atoms with van der Waals surface area (Å²) in [6.45, 7) is 11.2. The van der Waals surface area contributed by atoms with E-state index in [1.54, 1.807) is 0 Å². The Kier molecular flexibility index (Phi) is 2.34. The lowest BCUT2D eigenvalue weighted by Crippen LogP contribution is -2.23. The van der Waals surface area contributed by atoms with Crippen molar-refractivity contribution in [3.63, 3.8) is 0 Å². The Bertz CT molecular complexity index is 208. The maximum atomic E-state index is 3.40. The summed E-state index contributed by atoms with van der Waals surface area (Å²) < 4.78 is 0. The molecule has 2 saturated heterocycles. The molecule has 2 rings (SSSR count). The fourth-order valence-corrected chi connectivity index (χ4v) is 1.88. The van der Waals surface area contributed by atoms with Crippen molar-refractivity contribution in [2.45, 2.75) is 51.9 Å². The molecule has 4 heteroatoms. The van der Waals surface area contributed by atoms with Crippen LogP contribution in [0.4, 0.5) is 0 Å². The molecule has 3 unspecified atom stereocenters. The van der Waals surface area contributed by atoms with Crippen molar-refractivity contribution in [1.29, 1.82) is 0 Å². The molecule has 0 aromatic heterocycles. The van der Waals surface area contributed by atoms with Crippen LogP contribution in [0.5, 0.6) is 0 Å². The zero-order chi connectivity index (χ0) is 10.4. The van der Waals surface area contributed by atoms with E-state index in [2.05, 4.69) is 48.6 Å². The first-order chi connectivity index (χ1) is 6.54. The van der Waals surface area contributed by atoms with Crippen molar-refractivity contribution >= 4 is 0 Å². The smallest absolute Gasteiger partial charge is 0.0944 e. The molecule has 0 saturated carbocycles. The Morgan fingerprint density at radius 1 is 0.857 bits per heavy atom. The van der Waals surface area contributed by atoms with Crippen molar-refractivity contribution in [2.24, 2.45) is 0 Å². The largest absolute Gasteiger partial charge is 0.232 e. The molecule has 0 aromatic carbocycles. The van der Waals surface area contributed by atoms with Gasteiger partial charge >= 0.3 is 0 Å². The van der Waals surface area contributed by atoms with E-state index < -0.39 is 0 Å². The second kappa shape index (κ2) is 3.17. The number of nitrogens with one attached hydrogen (secondary N) is 2. The molecule has 2 N–H and O–H groups in total. The molecular weight excluding hydrogens is 176 g/mol. The van der Waals surface area contributed by atoms with Crippen LogP contribution < -0.4 is 10.9 Å². The summed E-state index contributed by atoms with van der Waals surface area (Å²) in [4.78, 5) is 0. The summed E-state index contributed by atoms with van der Waals surface area (Å²) in [7, 11) is 0. The zero-order valence-corrected chi connectivity index (χ0v) is 9.72. The summed E-state index contributed by atoms with van der Waals surface area (Å²) in [6, 6.07) is 0. The maximum absolute atomic E-state index is 3.40. The topological polar surface area (TPSA) is 49.9 Å². The van der Waals surface area contributed by atoms with E-state index in [0.29, 0.717) is 0 Å². The molecule has 0 spiro atoms. The predicted molar refractivity (Wildman–Crippen MR) is 57.1 cm³/mol. The van der Waals surface area contributed by atoms with E-state index in [1.165, 1.54) is 12.8 Å². The summed E-state index contributed by atoms with van der Waals surface area (Å²) in [5, 5.41) is 4.64. The molecule has 14 heavy (non-hydrogen) atoms. The van der Waals surface area contributed by atoms with Gasteiger partial charge < -0.3 is 0 Å². The molecule has 4 nitrogen and oxygen atoms in total. The lowest BCUT2D eigenvalue weighted by atomic mass is 10.2. The lowest BCUT2D eigenvalue weighted by molar-refractivity contribution is 0.334. The number of hydrazine groups is 2. The minimum absolute atomic E-state index is 0.276. The second-order valence-electron chi connectivity index (χ2n) is 4.78. The van der Waals surface area contributed by atoms with E-state index in [1.807, 2.05) is 0 Å². The highest BCUT2D eigenvalue weighted by molar-refractivity contribution is 4.96. The Balaban J connectivity index is 1.67. The van der Waals surface area contributed by atoms with Crippen molar-refractivity contribution in [2.75, 3.05) is 13.1 Å². The molecule has 4 atom stereocenters. The quantitative estimate of drug-likeness (QED) is 0.644.